The lowest BCUT2D eigenvalue weighted by molar-refractivity contribution is -0.120. The zero-order valence-corrected chi connectivity index (χ0v) is 10.7. The Labute approximate surface area is 95.0 Å². The molecule has 90 valence electrons. The van der Waals surface area contributed by atoms with Crippen LogP contribution in [0.2, 0.25) is 0 Å². The first kappa shape index (κ1) is 14.5. The molecule has 2 nitrogen and oxygen atoms in total. The molecule has 0 unspecified atom stereocenters. The first-order valence-corrected chi connectivity index (χ1v) is 6.51. The Morgan fingerprint density at radius 3 is 1.73 bits per heavy atom. The Morgan fingerprint density at radius 2 is 1.53 bits per heavy atom. The van der Waals surface area contributed by atoms with Gasteiger partial charge in [-0.2, -0.15) is 0 Å². The number of carbonyl (C=O) groups excluding carboxylic acids is 1. The summed E-state index contributed by atoms with van der Waals surface area (Å²) in [6, 6.07) is 0.451. The van der Waals surface area contributed by atoms with Gasteiger partial charge in [0.1, 0.15) is 0 Å². The molecule has 2 heteroatoms. The molecule has 0 N–H and O–H groups in total. The summed E-state index contributed by atoms with van der Waals surface area (Å²) in [6.45, 7) is 7.25. The van der Waals surface area contributed by atoms with E-state index in [1.54, 1.807) is 0 Å². The van der Waals surface area contributed by atoms with Gasteiger partial charge in [-0.05, 0) is 19.3 Å². The van der Waals surface area contributed by atoms with Crippen LogP contribution in [0.15, 0.2) is 0 Å². The predicted molar refractivity (Wildman–Crippen MR) is 65.9 cm³/mol. The zero-order valence-electron chi connectivity index (χ0n) is 10.7. The number of amides is 1. The molecule has 0 spiro atoms. The summed E-state index contributed by atoms with van der Waals surface area (Å²) in [6.07, 6.45) is 10.2. The van der Waals surface area contributed by atoms with Crippen LogP contribution in [0.4, 0.5) is 0 Å². The minimum atomic E-state index is 0.451. The summed E-state index contributed by atoms with van der Waals surface area (Å²) in [5.41, 5.74) is 0. The van der Waals surface area contributed by atoms with Gasteiger partial charge in [0.15, 0.2) is 0 Å². The third-order valence-electron chi connectivity index (χ3n) is 3.03. The van der Waals surface area contributed by atoms with Gasteiger partial charge >= 0.3 is 0 Å². The summed E-state index contributed by atoms with van der Waals surface area (Å²) >= 11 is 0. The van der Waals surface area contributed by atoms with Crippen LogP contribution in [0.1, 0.15) is 65.7 Å². The highest BCUT2D eigenvalue weighted by Crippen LogP contribution is 2.15. The van der Waals surface area contributed by atoms with E-state index in [-0.39, 0.29) is 0 Å². The Bertz CT molecular complexity index is 135. The summed E-state index contributed by atoms with van der Waals surface area (Å²) < 4.78 is 0. The van der Waals surface area contributed by atoms with Crippen molar-refractivity contribution in [3.05, 3.63) is 0 Å². The maximum atomic E-state index is 10.6. The molecule has 1 aliphatic carbocycles. The fourth-order valence-corrected chi connectivity index (χ4v) is 1.59. The molecule has 0 saturated heterocycles. The van der Waals surface area contributed by atoms with Crippen LogP contribution in [0.5, 0.6) is 0 Å². The van der Waals surface area contributed by atoms with Crippen LogP contribution >= 0.6 is 0 Å². The SMILES string of the molecule is C1CCC1.CCCN(C=O)C(CC)CC. The largest absolute Gasteiger partial charge is 0.342 e. The average Bonchev–Trinajstić information content (AvgIpc) is 2.15. The topological polar surface area (TPSA) is 20.3 Å². The average molecular weight is 213 g/mol. The van der Waals surface area contributed by atoms with Gasteiger partial charge < -0.3 is 4.90 Å². The molecule has 1 amide bonds. The lowest BCUT2D eigenvalue weighted by Gasteiger charge is -2.25. The van der Waals surface area contributed by atoms with Crippen LogP contribution in [-0.2, 0) is 4.79 Å². The molecule has 0 aromatic rings. The van der Waals surface area contributed by atoms with Crippen LogP contribution < -0.4 is 0 Å². The molecule has 0 bridgehead atoms. The van der Waals surface area contributed by atoms with Crippen molar-refractivity contribution >= 4 is 6.41 Å². The van der Waals surface area contributed by atoms with E-state index >= 15 is 0 Å². The summed E-state index contributed by atoms with van der Waals surface area (Å²) in [5, 5.41) is 0. The molecule has 0 aromatic carbocycles. The molecule has 15 heavy (non-hydrogen) atoms. The second-order valence-corrected chi connectivity index (χ2v) is 4.23. The lowest BCUT2D eigenvalue weighted by Crippen LogP contribution is -2.33. The van der Waals surface area contributed by atoms with E-state index in [9.17, 15) is 4.79 Å². The smallest absolute Gasteiger partial charge is 0.209 e. The van der Waals surface area contributed by atoms with Crippen LogP contribution in [0, 0.1) is 0 Å². The van der Waals surface area contributed by atoms with Crippen LogP contribution in [-0.4, -0.2) is 23.9 Å². The third kappa shape index (κ3) is 6.53. The normalized spacial score (nSPS) is 13.9. The van der Waals surface area contributed by atoms with Crippen molar-refractivity contribution in [2.45, 2.75) is 71.8 Å². The van der Waals surface area contributed by atoms with Crippen molar-refractivity contribution in [3.8, 4) is 0 Å². The van der Waals surface area contributed by atoms with E-state index in [0.717, 1.165) is 32.2 Å². The Morgan fingerprint density at radius 1 is 1.07 bits per heavy atom. The third-order valence-corrected chi connectivity index (χ3v) is 3.03. The fraction of sp³-hybridized carbons (Fsp3) is 0.923. The second kappa shape index (κ2) is 10.0. The minimum Gasteiger partial charge on any atom is -0.342 e. The van der Waals surface area contributed by atoms with Gasteiger partial charge in [0, 0.05) is 12.6 Å². The Balaban J connectivity index is 0.000000401. The molecule has 0 aliphatic heterocycles. The van der Waals surface area contributed by atoms with Crippen molar-refractivity contribution in [2.75, 3.05) is 6.54 Å². The van der Waals surface area contributed by atoms with Crippen molar-refractivity contribution in [2.24, 2.45) is 0 Å². The number of carbonyl (C=O) groups is 1. The molecule has 0 aromatic heterocycles. The lowest BCUT2D eigenvalue weighted by atomic mass is 10.0. The van der Waals surface area contributed by atoms with Crippen LogP contribution in [0.3, 0.4) is 0 Å². The Kier molecular flexibility index (Phi) is 9.65. The number of hydrogen-bond acceptors (Lipinski definition) is 1. The molecule has 1 aliphatic rings. The van der Waals surface area contributed by atoms with Gasteiger partial charge in [0.05, 0.1) is 0 Å². The maximum absolute atomic E-state index is 10.6. The summed E-state index contributed by atoms with van der Waals surface area (Å²) in [7, 11) is 0. The summed E-state index contributed by atoms with van der Waals surface area (Å²) in [5.74, 6) is 0. The van der Waals surface area contributed by atoms with Gasteiger partial charge in [0.2, 0.25) is 6.41 Å². The highest BCUT2D eigenvalue weighted by molar-refractivity contribution is 5.47. The zero-order chi connectivity index (χ0) is 11.5. The van der Waals surface area contributed by atoms with E-state index in [4.69, 9.17) is 0 Å². The second-order valence-electron chi connectivity index (χ2n) is 4.23. The number of nitrogens with zero attached hydrogens (tertiary/aromatic N) is 1. The molecule has 1 fully saturated rings. The highest BCUT2D eigenvalue weighted by Gasteiger charge is 2.10. The molecule has 1 rings (SSSR count). The van der Waals surface area contributed by atoms with Gasteiger partial charge in [-0.3, -0.25) is 4.79 Å². The predicted octanol–water partition coefficient (Wildman–Crippen LogP) is 3.60. The molecule has 0 atom stereocenters. The maximum Gasteiger partial charge on any atom is 0.209 e. The quantitative estimate of drug-likeness (QED) is 0.617. The van der Waals surface area contributed by atoms with Gasteiger partial charge in [0.25, 0.3) is 0 Å². The highest BCUT2D eigenvalue weighted by atomic mass is 16.1. The van der Waals surface area contributed by atoms with E-state index in [1.807, 2.05) is 4.90 Å². The first-order chi connectivity index (χ1) is 7.29. The van der Waals surface area contributed by atoms with Crippen molar-refractivity contribution in [1.29, 1.82) is 0 Å². The van der Waals surface area contributed by atoms with Crippen molar-refractivity contribution < 1.29 is 4.79 Å². The minimum absolute atomic E-state index is 0.451. The standard InChI is InChI=1S/C9H19NO.C4H8/c1-4-7-10(8-11)9(5-2)6-3;1-2-4-3-1/h8-9H,4-7H2,1-3H3;1-4H2. The van der Waals surface area contributed by atoms with E-state index < -0.39 is 0 Å². The van der Waals surface area contributed by atoms with Crippen LogP contribution in [0.25, 0.3) is 0 Å². The molecular formula is C13H27NO. The van der Waals surface area contributed by atoms with Gasteiger partial charge in [-0.1, -0.05) is 46.5 Å². The van der Waals surface area contributed by atoms with E-state index in [0.29, 0.717) is 6.04 Å². The molecule has 0 radical (unpaired) electrons. The van der Waals surface area contributed by atoms with E-state index in [2.05, 4.69) is 20.8 Å². The summed E-state index contributed by atoms with van der Waals surface area (Å²) in [4.78, 5) is 12.5. The van der Waals surface area contributed by atoms with Crippen molar-refractivity contribution in [3.63, 3.8) is 0 Å². The Hall–Kier alpha value is -0.530. The monoisotopic (exact) mass is 213 g/mol. The van der Waals surface area contributed by atoms with Gasteiger partial charge in [-0.15, -0.1) is 0 Å². The molecule has 0 heterocycles. The number of hydrogen-bond donors (Lipinski definition) is 0. The number of rotatable bonds is 6. The van der Waals surface area contributed by atoms with E-state index in [1.165, 1.54) is 25.7 Å². The molecular weight excluding hydrogens is 186 g/mol. The fourth-order valence-electron chi connectivity index (χ4n) is 1.59. The first-order valence-electron chi connectivity index (χ1n) is 6.51. The molecule has 1 saturated carbocycles. The van der Waals surface area contributed by atoms with Gasteiger partial charge in [-0.25, -0.2) is 0 Å². The van der Waals surface area contributed by atoms with Crippen molar-refractivity contribution in [1.82, 2.24) is 4.90 Å².